The van der Waals surface area contributed by atoms with Gasteiger partial charge in [0.2, 0.25) is 5.95 Å². The molecule has 0 unspecified atom stereocenters. The maximum absolute atomic E-state index is 5.94. The van der Waals surface area contributed by atoms with Gasteiger partial charge in [0.25, 0.3) is 0 Å². The highest BCUT2D eigenvalue weighted by atomic mass is 15.3. The molecule has 0 atom stereocenters. The second-order valence-corrected chi connectivity index (χ2v) is 4.39. The van der Waals surface area contributed by atoms with E-state index < -0.39 is 0 Å². The normalized spacial score (nSPS) is 10.8. The average molecular weight is 246 g/mol. The summed E-state index contributed by atoms with van der Waals surface area (Å²) in [6.45, 7) is 9.47. The largest absolute Gasteiger partial charge is 0.383 e. The van der Waals surface area contributed by atoms with Gasteiger partial charge in [-0.2, -0.15) is 15.1 Å². The van der Waals surface area contributed by atoms with Crippen LogP contribution in [0.2, 0.25) is 0 Å². The fourth-order valence-electron chi connectivity index (χ4n) is 1.82. The Balaban J connectivity index is 2.49. The molecule has 96 valence electrons. The molecule has 0 aromatic carbocycles. The van der Waals surface area contributed by atoms with Crippen LogP contribution in [0.5, 0.6) is 0 Å². The topological polar surface area (TPSA) is 72.9 Å². The number of likely N-dealkylation sites (N-methyl/N-ethyl adjacent to an activating group) is 1. The highest BCUT2D eigenvalue weighted by Crippen LogP contribution is 2.20. The van der Waals surface area contributed by atoms with E-state index in [1.807, 2.05) is 18.9 Å². The summed E-state index contributed by atoms with van der Waals surface area (Å²) in [5.74, 6) is 1.08. The van der Waals surface area contributed by atoms with Gasteiger partial charge in [0.1, 0.15) is 5.82 Å². The predicted molar refractivity (Wildman–Crippen MR) is 73.4 cm³/mol. The van der Waals surface area contributed by atoms with Gasteiger partial charge in [0, 0.05) is 20.1 Å². The molecular weight excluding hydrogens is 228 g/mol. The summed E-state index contributed by atoms with van der Waals surface area (Å²) in [6, 6.07) is 0. The monoisotopic (exact) mass is 246 g/mol. The summed E-state index contributed by atoms with van der Waals surface area (Å²) in [4.78, 5) is 10.9. The predicted octanol–water partition coefficient (Wildman–Crippen LogP) is 1.35. The Morgan fingerprint density at radius 2 is 2.22 bits per heavy atom. The maximum Gasteiger partial charge on any atom is 0.229 e. The van der Waals surface area contributed by atoms with Gasteiger partial charge in [0.15, 0.2) is 5.65 Å². The number of hydrogen-bond donors (Lipinski definition) is 1. The van der Waals surface area contributed by atoms with E-state index in [-0.39, 0.29) is 0 Å². The lowest BCUT2D eigenvalue weighted by molar-refractivity contribution is 0.778. The first-order chi connectivity index (χ1) is 8.52. The van der Waals surface area contributed by atoms with E-state index in [0.29, 0.717) is 11.8 Å². The standard InChI is InChI=1S/C12H18N6/c1-5-18(7-8(2)3)12-15-10(13)9-6-14-17(4)11(9)16-12/h6H,2,5,7H2,1,3-4H3,(H2,13,15,16). The highest BCUT2D eigenvalue weighted by Gasteiger charge is 2.13. The van der Waals surface area contributed by atoms with E-state index in [1.165, 1.54) is 0 Å². The van der Waals surface area contributed by atoms with E-state index in [4.69, 9.17) is 5.73 Å². The molecule has 6 nitrogen and oxygen atoms in total. The molecular formula is C12H18N6. The summed E-state index contributed by atoms with van der Waals surface area (Å²) in [7, 11) is 1.84. The second-order valence-electron chi connectivity index (χ2n) is 4.39. The molecule has 0 bridgehead atoms. The highest BCUT2D eigenvalue weighted by molar-refractivity contribution is 5.86. The Morgan fingerprint density at radius 1 is 1.50 bits per heavy atom. The van der Waals surface area contributed by atoms with E-state index >= 15 is 0 Å². The maximum atomic E-state index is 5.94. The molecule has 0 aliphatic rings. The molecule has 2 rings (SSSR count). The first-order valence-electron chi connectivity index (χ1n) is 5.87. The third-order valence-corrected chi connectivity index (χ3v) is 2.74. The fourth-order valence-corrected chi connectivity index (χ4v) is 1.82. The zero-order chi connectivity index (χ0) is 13.3. The minimum atomic E-state index is 0.461. The molecule has 0 aliphatic carbocycles. The lowest BCUT2D eigenvalue weighted by atomic mass is 10.3. The number of anilines is 2. The molecule has 0 saturated heterocycles. The molecule has 18 heavy (non-hydrogen) atoms. The van der Waals surface area contributed by atoms with Crippen LogP contribution in [0.25, 0.3) is 11.0 Å². The zero-order valence-corrected chi connectivity index (χ0v) is 11.0. The zero-order valence-electron chi connectivity index (χ0n) is 11.0. The van der Waals surface area contributed by atoms with Crippen LogP contribution in [0.4, 0.5) is 11.8 Å². The summed E-state index contributed by atoms with van der Waals surface area (Å²) < 4.78 is 1.70. The summed E-state index contributed by atoms with van der Waals surface area (Å²) in [5.41, 5.74) is 7.75. The number of aryl methyl sites for hydroxylation is 1. The number of rotatable bonds is 4. The van der Waals surface area contributed by atoms with Gasteiger partial charge >= 0.3 is 0 Å². The van der Waals surface area contributed by atoms with Crippen molar-refractivity contribution >= 4 is 22.8 Å². The minimum Gasteiger partial charge on any atom is -0.383 e. The van der Waals surface area contributed by atoms with Crippen LogP contribution >= 0.6 is 0 Å². The molecule has 0 spiro atoms. The molecule has 0 radical (unpaired) electrons. The number of hydrogen-bond acceptors (Lipinski definition) is 5. The van der Waals surface area contributed by atoms with Crippen molar-refractivity contribution in [1.29, 1.82) is 0 Å². The summed E-state index contributed by atoms with van der Waals surface area (Å²) in [5, 5.41) is 4.93. The number of nitrogens with two attached hydrogens (primary N) is 1. The van der Waals surface area contributed by atoms with E-state index in [9.17, 15) is 0 Å². The van der Waals surface area contributed by atoms with Crippen molar-refractivity contribution in [3.8, 4) is 0 Å². The van der Waals surface area contributed by atoms with Gasteiger partial charge < -0.3 is 10.6 Å². The second kappa shape index (κ2) is 4.64. The number of aromatic nitrogens is 4. The summed E-state index contributed by atoms with van der Waals surface area (Å²) >= 11 is 0. The SMILES string of the molecule is C=C(C)CN(CC)c1nc(N)c2cnn(C)c2n1. The number of fused-ring (bicyclic) bond motifs is 1. The van der Waals surface area contributed by atoms with Crippen molar-refractivity contribution in [2.75, 3.05) is 23.7 Å². The van der Waals surface area contributed by atoms with Gasteiger partial charge in [-0.1, -0.05) is 12.2 Å². The molecule has 2 N–H and O–H groups in total. The van der Waals surface area contributed by atoms with Gasteiger partial charge in [0.05, 0.1) is 11.6 Å². The van der Waals surface area contributed by atoms with Crippen molar-refractivity contribution in [2.24, 2.45) is 7.05 Å². The van der Waals surface area contributed by atoms with Crippen molar-refractivity contribution < 1.29 is 0 Å². The van der Waals surface area contributed by atoms with Crippen molar-refractivity contribution in [3.05, 3.63) is 18.3 Å². The van der Waals surface area contributed by atoms with E-state index in [1.54, 1.807) is 10.9 Å². The Labute approximate surface area is 106 Å². The molecule has 0 fully saturated rings. The van der Waals surface area contributed by atoms with Gasteiger partial charge in [-0.25, -0.2) is 0 Å². The van der Waals surface area contributed by atoms with Crippen molar-refractivity contribution in [1.82, 2.24) is 19.7 Å². The lowest BCUT2D eigenvalue weighted by Gasteiger charge is -2.21. The van der Waals surface area contributed by atoms with Gasteiger partial charge in [-0.15, -0.1) is 0 Å². The summed E-state index contributed by atoms with van der Waals surface area (Å²) in [6.07, 6.45) is 1.68. The molecule has 2 aromatic rings. The molecule has 0 saturated carbocycles. The third kappa shape index (κ3) is 2.13. The smallest absolute Gasteiger partial charge is 0.229 e. The number of nitrogens with zero attached hydrogens (tertiary/aromatic N) is 5. The third-order valence-electron chi connectivity index (χ3n) is 2.74. The Kier molecular flexibility index (Phi) is 3.18. The van der Waals surface area contributed by atoms with Crippen LogP contribution in [0.1, 0.15) is 13.8 Å². The fraction of sp³-hybridized carbons (Fsp3) is 0.417. The van der Waals surface area contributed by atoms with E-state index in [2.05, 4.69) is 28.6 Å². The first-order valence-corrected chi connectivity index (χ1v) is 5.87. The van der Waals surface area contributed by atoms with Crippen LogP contribution in [-0.2, 0) is 7.05 Å². The lowest BCUT2D eigenvalue weighted by Crippen LogP contribution is -2.26. The van der Waals surface area contributed by atoms with E-state index in [0.717, 1.165) is 29.7 Å². The molecule has 6 heteroatoms. The Morgan fingerprint density at radius 3 is 2.83 bits per heavy atom. The van der Waals surface area contributed by atoms with Crippen LogP contribution in [0.3, 0.4) is 0 Å². The Hall–Kier alpha value is -2.11. The molecule has 0 amide bonds. The van der Waals surface area contributed by atoms with Crippen LogP contribution in [0.15, 0.2) is 18.3 Å². The van der Waals surface area contributed by atoms with Crippen LogP contribution in [-0.4, -0.2) is 32.8 Å². The average Bonchev–Trinajstić information content (AvgIpc) is 2.68. The minimum absolute atomic E-state index is 0.461. The quantitative estimate of drug-likeness (QED) is 0.824. The van der Waals surface area contributed by atoms with Crippen LogP contribution in [0, 0.1) is 0 Å². The molecule has 2 aromatic heterocycles. The van der Waals surface area contributed by atoms with Crippen molar-refractivity contribution in [2.45, 2.75) is 13.8 Å². The van der Waals surface area contributed by atoms with Gasteiger partial charge in [-0.05, 0) is 13.8 Å². The Bertz CT molecular complexity index is 586. The first kappa shape index (κ1) is 12.3. The van der Waals surface area contributed by atoms with Crippen LogP contribution < -0.4 is 10.6 Å². The molecule has 2 heterocycles. The molecule has 0 aliphatic heterocycles. The number of nitrogen functional groups attached to an aromatic ring is 1. The van der Waals surface area contributed by atoms with Crippen molar-refractivity contribution in [3.63, 3.8) is 0 Å². The van der Waals surface area contributed by atoms with Gasteiger partial charge in [-0.3, -0.25) is 4.68 Å².